The topological polar surface area (TPSA) is 61.7 Å². The molecule has 0 radical (unpaired) electrons. The largest absolute Gasteiger partial charge is 0.433 e. The van der Waals surface area contributed by atoms with E-state index >= 15 is 0 Å². The maximum Gasteiger partial charge on any atom is 0.433 e. The van der Waals surface area contributed by atoms with Crippen LogP contribution in [0, 0.1) is 0 Å². The molecule has 0 saturated carbocycles. The number of rotatable bonds is 1. The number of azide groups is 1. The van der Waals surface area contributed by atoms with Crippen molar-refractivity contribution in [2.75, 3.05) is 0 Å². The van der Waals surface area contributed by atoms with E-state index in [9.17, 15) is 26.3 Å². The molecule has 0 bridgehead atoms. The smallest absolute Gasteiger partial charge is 0.241 e. The van der Waals surface area contributed by atoms with Crippen molar-refractivity contribution in [3.8, 4) is 0 Å². The van der Waals surface area contributed by atoms with Gasteiger partial charge in [0.2, 0.25) is 0 Å². The number of hydrogen-bond donors (Lipinski definition) is 0. The Labute approximate surface area is 89.5 Å². The highest BCUT2D eigenvalue weighted by molar-refractivity contribution is 5.42. The lowest BCUT2D eigenvalue weighted by atomic mass is 10.2. The Morgan fingerprint density at radius 1 is 1.06 bits per heavy atom. The minimum absolute atomic E-state index is 0.166. The van der Waals surface area contributed by atoms with Gasteiger partial charge in [0.1, 0.15) is 11.5 Å². The van der Waals surface area contributed by atoms with E-state index in [1.54, 1.807) is 0 Å². The van der Waals surface area contributed by atoms with Crippen molar-refractivity contribution < 1.29 is 26.3 Å². The quantitative estimate of drug-likeness (QED) is 0.323. The molecule has 0 fully saturated rings. The highest BCUT2D eigenvalue weighted by Gasteiger charge is 2.38. The maximum absolute atomic E-state index is 12.3. The number of halogens is 6. The van der Waals surface area contributed by atoms with E-state index in [1.165, 1.54) is 0 Å². The van der Waals surface area contributed by atoms with Crippen LogP contribution >= 0.6 is 0 Å². The summed E-state index contributed by atoms with van der Waals surface area (Å²) >= 11 is 0. The molecule has 0 saturated heterocycles. The zero-order chi connectivity index (χ0) is 13.3. The molecule has 0 unspecified atom stereocenters. The van der Waals surface area contributed by atoms with Gasteiger partial charge < -0.3 is 0 Å². The number of nitrogens with zero attached hydrogens (tertiary/aromatic N) is 4. The van der Waals surface area contributed by atoms with Crippen LogP contribution in [0.4, 0.5) is 32.2 Å². The van der Waals surface area contributed by atoms with Gasteiger partial charge in [-0.05, 0) is 22.8 Å². The Bertz CT molecular complexity index is 470. The third-order valence-corrected chi connectivity index (χ3v) is 1.61. The first-order valence-electron chi connectivity index (χ1n) is 3.87. The highest BCUT2D eigenvalue weighted by Crippen LogP contribution is 2.37. The molecule has 0 aromatic carbocycles. The average Bonchev–Trinajstić information content (AvgIpc) is 2.15. The normalized spacial score (nSPS) is 12.1. The standard InChI is InChI=1S/C7H2F6N4/c8-6(9,10)3-1-2-4(7(11,12)13)15-5(3)16-17-14/h1-2H. The summed E-state index contributed by atoms with van der Waals surface area (Å²) in [4.78, 5) is 4.63. The number of pyridine rings is 1. The first-order valence-corrected chi connectivity index (χ1v) is 3.87. The van der Waals surface area contributed by atoms with Crippen molar-refractivity contribution >= 4 is 5.82 Å². The fourth-order valence-electron chi connectivity index (χ4n) is 0.946. The summed E-state index contributed by atoms with van der Waals surface area (Å²) in [5.74, 6) is -1.35. The Morgan fingerprint density at radius 3 is 2.06 bits per heavy atom. The molecule has 0 N–H and O–H groups in total. The van der Waals surface area contributed by atoms with E-state index in [4.69, 9.17) is 5.53 Å². The van der Waals surface area contributed by atoms with Crippen LogP contribution in [0.5, 0.6) is 0 Å². The monoisotopic (exact) mass is 256 g/mol. The molecular weight excluding hydrogens is 254 g/mol. The van der Waals surface area contributed by atoms with E-state index in [0.29, 0.717) is 0 Å². The second kappa shape index (κ2) is 4.13. The van der Waals surface area contributed by atoms with Crippen molar-refractivity contribution in [1.29, 1.82) is 0 Å². The molecule has 0 spiro atoms. The van der Waals surface area contributed by atoms with Crippen LogP contribution in [0.15, 0.2) is 17.2 Å². The summed E-state index contributed by atoms with van der Waals surface area (Å²) in [6, 6.07) is 0.332. The maximum atomic E-state index is 12.3. The Morgan fingerprint density at radius 2 is 1.65 bits per heavy atom. The zero-order valence-electron chi connectivity index (χ0n) is 7.71. The lowest BCUT2D eigenvalue weighted by molar-refractivity contribution is -0.144. The Balaban J connectivity index is 3.43. The second-order valence-electron chi connectivity index (χ2n) is 2.75. The van der Waals surface area contributed by atoms with E-state index in [2.05, 4.69) is 10.1 Å². The van der Waals surface area contributed by atoms with Crippen LogP contribution in [-0.4, -0.2) is 4.98 Å². The number of aromatic nitrogens is 1. The van der Waals surface area contributed by atoms with Crippen molar-refractivity contribution in [3.05, 3.63) is 33.8 Å². The molecule has 0 aliphatic heterocycles. The molecule has 1 aromatic rings. The first-order chi connectivity index (χ1) is 7.66. The van der Waals surface area contributed by atoms with Crippen LogP contribution < -0.4 is 0 Å². The van der Waals surface area contributed by atoms with Crippen molar-refractivity contribution in [2.24, 2.45) is 5.11 Å². The minimum atomic E-state index is -4.94. The predicted molar refractivity (Wildman–Crippen MR) is 43.0 cm³/mol. The zero-order valence-corrected chi connectivity index (χ0v) is 7.71. The fraction of sp³-hybridized carbons (Fsp3) is 0.286. The van der Waals surface area contributed by atoms with Crippen molar-refractivity contribution in [3.63, 3.8) is 0 Å². The molecule has 92 valence electrons. The van der Waals surface area contributed by atoms with Crippen LogP contribution in [0.1, 0.15) is 11.3 Å². The SMILES string of the molecule is [N-]=[N+]=Nc1nc(C(F)(F)F)ccc1C(F)(F)F. The molecule has 1 aromatic heterocycles. The van der Waals surface area contributed by atoms with Crippen molar-refractivity contribution in [2.45, 2.75) is 12.4 Å². The van der Waals surface area contributed by atoms with Gasteiger partial charge in [0.05, 0.1) is 5.56 Å². The van der Waals surface area contributed by atoms with E-state index in [-0.39, 0.29) is 12.1 Å². The third-order valence-electron chi connectivity index (χ3n) is 1.61. The number of hydrogen-bond acceptors (Lipinski definition) is 2. The van der Waals surface area contributed by atoms with Gasteiger partial charge in [-0.25, -0.2) is 4.98 Å². The molecular formula is C7H2F6N4. The summed E-state index contributed by atoms with van der Waals surface area (Å²) in [5.41, 5.74) is 4.89. The average molecular weight is 256 g/mol. The second-order valence-corrected chi connectivity index (χ2v) is 2.75. The summed E-state index contributed by atoms with van der Waals surface area (Å²) in [6.07, 6.45) is -9.86. The number of alkyl halides is 6. The van der Waals surface area contributed by atoms with Crippen LogP contribution in [0.25, 0.3) is 10.4 Å². The molecule has 10 heteroatoms. The van der Waals surface area contributed by atoms with Gasteiger partial charge in [-0.15, -0.1) is 0 Å². The summed E-state index contributed by atoms with van der Waals surface area (Å²) < 4.78 is 73.4. The molecule has 0 atom stereocenters. The molecule has 17 heavy (non-hydrogen) atoms. The molecule has 1 rings (SSSR count). The van der Waals surface area contributed by atoms with Gasteiger partial charge in [0.15, 0.2) is 0 Å². The first kappa shape index (κ1) is 13.1. The molecule has 0 aliphatic carbocycles. The van der Waals surface area contributed by atoms with Gasteiger partial charge in [-0.3, -0.25) is 0 Å². The minimum Gasteiger partial charge on any atom is -0.241 e. The summed E-state index contributed by atoms with van der Waals surface area (Å²) in [5, 5.41) is 2.50. The predicted octanol–water partition coefficient (Wildman–Crippen LogP) is 4.06. The van der Waals surface area contributed by atoms with Gasteiger partial charge in [0, 0.05) is 4.91 Å². The van der Waals surface area contributed by atoms with E-state index < -0.39 is 29.4 Å². The lowest BCUT2D eigenvalue weighted by Crippen LogP contribution is -2.11. The van der Waals surface area contributed by atoms with Crippen molar-refractivity contribution in [1.82, 2.24) is 4.98 Å². The van der Waals surface area contributed by atoms with Gasteiger partial charge >= 0.3 is 12.4 Å². The van der Waals surface area contributed by atoms with Gasteiger partial charge in [-0.2, -0.15) is 26.3 Å². The lowest BCUT2D eigenvalue weighted by Gasteiger charge is -2.11. The molecule has 0 aliphatic rings. The van der Waals surface area contributed by atoms with Crippen LogP contribution in [0.2, 0.25) is 0 Å². The molecule has 4 nitrogen and oxygen atoms in total. The van der Waals surface area contributed by atoms with E-state index in [0.717, 1.165) is 0 Å². The fourth-order valence-corrected chi connectivity index (χ4v) is 0.946. The van der Waals surface area contributed by atoms with Crippen LogP contribution in [0.3, 0.4) is 0 Å². The van der Waals surface area contributed by atoms with Crippen LogP contribution in [-0.2, 0) is 12.4 Å². The molecule has 1 heterocycles. The molecule has 0 amide bonds. The third kappa shape index (κ3) is 3.00. The van der Waals surface area contributed by atoms with Gasteiger partial charge in [-0.1, -0.05) is 0 Å². The van der Waals surface area contributed by atoms with Gasteiger partial charge in [0.25, 0.3) is 0 Å². The summed E-state index contributed by atoms with van der Waals surface area (Å²) in [7, 11) is 0. The highest BCUT2D eigenvalue weighted by atomic mass is 19.4. The summed E-state index contributed by atoms with van der Waals surface area (Å²) in [6.45, 7) is 0. The Kier molecular flexibility index (Phi) is 3.18. The Hall–Kier alpha value is -1.96. The van der Waals surface area contributed by atoms with E-state index in [1.807, 2.05) is 4.91 Å².